The Kier molecular flexibility index (Phi) is 9.77. The average Bonchev–Trinajstić information content (AvgIpc) is 2.46. The largest absolute Gasteiger partial charge is 0.492 e. The molecule has 2 nitrogen and oxygen atoms in total. The summed E-state index contributed by atoms with van der Waals surface area (Å²) >= 11 is 3.60. The average molecular weight is 356 g/mol. The van der Waals surface area contributed by atoms with E-state index >= 15 is 0 Å². The van der Waals surface area contributed by atoms with Gasteiger partial charge in [0.1, 0.15) is 5.75 Å². The molecular formula is C18H30BrNO. The van der Waals surface area contributed by atoms with Crippen LogP contribution in [0.5, 0.6) is 5.75 Å². The van der Waals surface area contributed by atoms with E-state index in [0.717, 1.165) is 29.8 Å². The van der Waals surface area contributed by atoms with Crippen molar-refractivity contribution in [3.63, 3.8) is 0 Å². The van der Waals surface area contributed by atoms with Crippen molar-refractivity contribution in [1.29, 1.82) is 0 Å². The lowest BCUT2D eigenvalue weighted by Gasteiger charge is -2.11. The lowest BCUT2D eigenvalue weighted by molar-refractivity contribution is 0.302. The van der Waals surface area contributed by atoms with Gasteiger partial charge in [-0.2, -0.15) is 0 Å². The quantitative estimate of drug-likeness (QED) is 0.515. The van der Waals surface area contributed by atoms with Crippen LogP contribution in [0.4, 0.5) is 0 Å². The Morgan fingerprint density at radius 1 is 1.10 bits per heavy atom. The van der Waals surface area contributed by atoms with E-state index in [1.54, 1.807) is 0 Å². The van der Waals surface area contributed by atoms with E-state index in [0.29, 0.717) is 6.04 Å². The van der Waals surface area contributed by atoms with Gasteiger partial charge in [-0.15, -0.1) is 0 Å². The predicted molar refractivity (Wildman–Crippen MR) is 95.0 cm³/mol. The molecule has 0 unspecified atom stereocenters. The highest BCUT2D eigenvalue weighted by molar-refractivity contribution is 9.10. The minimum absolute atomic E-state index is 0.507. The van der Waals surface area contributed by atoms with E-state index < -0.39 is 0 Å². The van der Waals surface area contributed by atoms with Crippen molar-refractivity contribution in [2.45, 2.75) is 71.9 Å². The number of benzene rings is 1. The van der Waals surface area contributed by atoms with Gasteiger partial charge in [-0.05, 0) is 40.0 Å². The molecular weight excluding hydrogens is 326 g/mol. The van der Waals surface area contributed by atoms with Crippen LogP contribution in [-0.2, 0) is 6.54 Å². The summed E-state index contributed by atoms with van der Waals surface area (Å²) in [5.41, 5.74) is 1.28. The topological polar surface area (TPSA) is 21.3 Å². The lowest BCUT2D eigenvalue weighted by Crippen LogP contribution is -2.21. The third-order valence-corrected chi connectivity index (χ3v) is 4.09. The highest BCUT2D eigenvalue weighted by atomic mass is 79.9. The first-order chi connectivity index (χ1) is 10.1. The van der Waals surface area contributed by atoms with E-state index in [4.69, 9.17) is 4.74 Å². The van der Waals surface area contributed by atoms with Crippen molar-refractivity contribution in [1.82, 2.24) is 5.32 Å². The second-order valence-electron chi connectivity index (χ2n) is 5.92. The Morgan fingerprint density at radius 2 is 1.81 bits per heavy atom. The van der Waals surface area contributed by atoms with Crippen molar-refractivity contribution in [2.75, 3.05) is 6.61 Å². The third kappa shape index (κ3) is 8.47. The molecule has 0 saturated heterocycles. The Bertz CT molecular complexity index is 393. The maximum absolute atomic E-state index is 5.86. The van der Waals surface area contributed by atoms with Crippen molar-refractivity contribution < 1.29 is 4.74 Å². The predicted octanol–water partition coefficient (Wildman–Crippen LogP) is 5.69. The van der Waals surface area contributed by atoms with E-state index in [-0.39, 0.29) is 0 Å². The summed E-state index contributed by atoms with van der Waals surface area (Å²) < 4.78 is 6.91. The lowest BCUT2D eigenvalue weighted by atomic mass is 10.1. The summed E-state index contributed by atoms with van der Waals surface area (Å²) in [5, 5.41) is 3.42. The highest BCUT2D eigenvalue weighted by Crippen LogP contribution is 2.26. The first kappa shape index (κ1) is 18.5. The van der Waals surface area contributed by atoms with Gasteiger partial charge in [0.2, 0.25) is 0 Å². The van der Waals surface area contributed by atoms with Crippen molar-refractivity contribution in [2.24, 2.45) is 0 Å². The normalized spacial score (nSPS) is 11.1. The molecule has 0 radical (unpaired) electrons. The molecule has 0 fully saturated rings. The SMILES string of the molecule is CCCCCCCCOc1ccc(CNC(C)C)cc1Br. The molecule has 0 heterocycles. The van der Waals surface area contributed by atoms with Crippen molar-refractivity contribution in [3.8, 4) is 5.75 Å². The van der Waals surface area contributed by atoms with Crippen molar-refractivity contribution in [3.05, 3.63) is 28.2 Å². The summed E-state index contributed by atoms with van der Waals surface area (Å²) in [6.07, 6.45) is 7.77. The molecule has 1 N–H and O–H groups in total. The molecule has 0 saturated carbocycles. The smallest absolute Gasteiger partial charge is 0.133 e. The minimum atomic E-state index is 0.507. The minimum Gasteiger partial charge on any atom is -0.492 e. The molecule has 1 aromatic carbocycles. The number of halogens is 1. The standard InChI is InChI=1S/C18H30BrNO/c1-4-5-6-7-8-9-12-21-18-11-10-16(13-17(18)19)14-20-15(2)3/h10-11,13,15,20H,4-9,12,14H2,1-3H3. The Balaban J connectivity index is 2.26. The molecule has 21 heavy (non-hydrogen) atoms. The van der Waals surface area contributed by atoms with Crippen LogP contribution in [0.2, 0.25) is 0 Å². The van der Waals surface area contributed by atoms with Crippen LogP contribution in [0.1, 0.15) is 64.9 Å². The van der Waals surface area contributed by atoms with Crippen LogP contribution >= 0.6 is 15.9 Å². The summed E-state index contributed by atoms with van der Waals surface area (Å²) in [6.45, 7) is 8.28. The maximum Gasteiger partial charge on any atom is 0.133 e. The van der Waals surface area contributed by atoms with E-state index in [2.05, 4.69) is 60.2 Å². The number of unbranched alkanes of at least 4 members (excludes halogenated alkanes) is 5. The van der Waals surface area contributed by atoms with Gasteiger partial charge in [-0.1, -0.05) is 58.9 Å². The van der Waals surface area contributed by atoms with Gasteiger partial charge in [-0.3, -0.25) is 0 Å². The first-order valence-corrected chi connectivity index (χ1v) is 9.07. The molecule has 0 aliphatic heterocycles. The molecule has 3 heteroatoms. The monoisotopic (exact) mass is 355 g/mol. The summed E-state index contributed by atoms with van der Waals surface area (Å²) in [6, 6.07) is 6.86. The van der Waals surface area contributed by atoms with Crippen LogP contribution in [0.3, 0.4) is 0 Å². The van der Waals surface area contributed by atoms with Crippen LogP contribution in [0, 0.1) is 0 Å². The van der Waals surface area contributed by atoms with Gasteiger partial charge >= 0.3 is 0 Å². The van der Waals surface area contributed by atoms with E-state index in [1.165, 1.54) is 37.7 Å². The maximum atomic E-state index is 5.86. The molecule has 0 aliphatic rings. The Labute approximate surface area is 138 Å². The number of nitrogens with one attached hydrogen (secondary N) is 1. The molecule has 0 bridgehead atoms. The Morgan fingerprint density at radius 3 is 2.48 bits per heavy atom. The van der Waals surface area contributed by atoms with Crippen LogP contribution < -0.4 is 10.1 Å². The molecule has 0 aromatic heterocycles. The van der Waals surface area contributed by atoms with E-state index in [1.807, 2.05) is 0 Å². The molecule has 1 rings (SSSR count). The summed E-state index contributed by atoms with van der Waals surface area (Å²) in [7, 11) is 0. The van der Waals surface area contributed by atoms with Crippen LogP contribution in [0.25, 0.3) is 0 Å². The molecule has 120 valence electrons. The zero-order valence-electron chi connectivity index (χ0n) is 13.8. The van der Waals surface area contributed by atoms with Crippen LogP contribution in [0.15, 0.2) is 22.7 Å². The summed E-state index contributed by atoms with van der Waals surface area (Å²) in [4.78, 5) is 0. The fraction of sp³-hybridized carbons (Fsp3) is 0.667. The second kappa shape index (κ2) is 11.1. The zero-order chi connectivity index (χ0) is 15.5. The van der Waals surface area contributed by atoms with Gasteiger partial charge in [-0.25, -0.2) is 0 Å². The molecule has 0 spiro atoms. The van der Waals surface area contributed by atoms with Gasteiger partial charge in [0.05, 0.1) is 11.1 Å². The number of rotatable bonds is 11. The highest BCUT2D eigenvalue weighted by Gasteiger charge is 2.03. The molecule has 0 amide bonds. The number of ether oxygens (including phenoxy) is 1. The number of hydrogen-bond acceptors (Lipinski definition) is 2. The first-order valence-electron chi connectivity index (χ1n) is 8.28. The van der Waals surface area contributed by atoms with Gasteiger partial charge in [0, 0.05) is 12.6 Å². The molecule has 0 aliphatic carbocycles. The fourth-order valence-corrected chi connectivity index (χ4v) is 2.70. The Hall–Kier alpha value is -0.540. The van der Waals surface area contributed by atoms with Crippen molar-refractivity contribution >= 4 is 15.9 Å². The van der Waals surface area contributed by atoms with Gasteiger partial charge in [0.15, 0.2) is 0 Å². The van der Waals surface area contributed by atoms with Crippen LogP contribution in [-0.4, -0.2) is 12.6 Å². The third-order valence-electron chi connectivity index (χ3n) is 3.47. The fourth-order valence-electron chi connectivity index (χ4n) is 2.16. The number of hydrogen-bond donors (Lipinski definition) is 1. The zero-order valence-corrected chi connectivity index (χ0v) is 15.3. The second-order valence-corrected chi connectivity index (χ2v) is 6.77. The van der Waals surface area contributed by atoms with Gasteiger partial charge < -0.3 is 10.1 Å². The summed E-state index contributed by atoms with van der Waals surface area (Å²) in [5.74, 6) is 0.955. The molecule has 0 atom stereocenters. The van der Waals surface area contributed by atoms with Gasteiger partial charge in [0.25, 0.3) is 0 Å². The molecule has 1 aromatic rings. The van der Waals surface area contributed by atoms with E-state index in [9.17, 15) is 0 Å².